The van der Waals surface area contributed by atoms with Gasteiger partial charge in [0.2, 0.25) is 0 Å². The molecule has 2 unspecified atom stereocenters. The molecule has 0 saturated heterocycles. The summed E-state index contributed by atoms with van der Waals surface area (Å²) in [4.78, 5) is 3.92. The number of hydrogen-bond donors (Lipinski definition) is 1. The minimum atomic E-state index is 0.524. The maximum absolute atomic E-state index is 4.08. The molecule has 1 rings (SSSR count). The molecule has 5 heteroatoms. The van der Waals surface area contributed by atoms with Crippen molar-refractivity contribution in [3.05, 3.63) is 12.7 Å². The number of rotatable bonds is 7. The van der Waals surface area contributed by atoms with Crippen LogP contribution in [0.1, 0.15) is 20.3 Å². The first-order valence-electron chi connectivity index (χ1n) is 5.29. The zero-order chi connectivity index (χ0) is 11.1. The molecule has 0 spiro atoms. The summed E-state index contributed by atoms with van der Waals surface area (Å²) in [7, 11) is 0. The molecular weight excluding hydrogens is 208 g/mol. The Labute approximate surface area is 95.9 Å². The van der Waals surface area contributed by atoms with Crippen molar-refractivity contribution in [2.45, 2.75) is 38.9 Å². The van der Waals surface area contributed by atoms with Gasteiger partial charge in [-0.3, -0.25) is 4.68 Å². The maximum atomic E-state index is 4.08. The molecule has 4 nitrogen and oxygen atoms in total. The van der Waals surface area contributed by atoms with Crippen LogP contribution in [0.4, 0.5) is 0 Å². The van der Waals surface area contributed by atoms with Crippen molar-refractivity contribution in [1.82, 2.24) is 20.1 Å². The molecule has 0 aliphatic heterocycles. The van der Waals surface area contributed by atoms with Crippen molar-refractivity contribution >= 4 is 11.8 Å². The van der Waals surface area contributed by atoms with Gasteiger partial charge in [0.1, 0.15) is 12.7 Å². The van der Waals surface area contributed by atoms with Crippen molar-refractivity contribution < 1.29 is 0 Å². The summed E-state index contributed by atoms with van der Waals surface area (Å²) in [6, 6.07) is 1.10. The summed E-state index contributed by atoms with van der Waals surface area (Å²) in [5, 5.41) is 7.64. The number of aromatic nitrogens is 3. The minimum Gasteiger partial charge on any atom is -0.311 e. The Hall–Kier alpha value is -0.550. The van der Waals surface area contributed by atoms with Crippen LogP contribution >= 0.6 is 11.8 Å². The number of nitrogens with zero attached hydrogens (tertiary/aromatic N) is 3. The first-order chi connectivity index (χ1) is 7.22. The Balaban J connectivity index is 2.15. The van der Waals surface area contributed by atoms with Gasteiger partial charge in [-0.1, -0.05) is 0 Å². The van der Waals surface area contributed by atoms with Gasteiger partial charge in [-0.15, -0.1) is 0 Å². The van der Waals surface area contributed by atoms with Gasteiger partial charge in [-0.2, -0.15) is 16.9 Å². The third-order valence-electron chi connectivity index (χ3n) is 2.24. The predicted octanol–water partition coefficient (Wildman–Crippen LogP) is 1.40. The van der Waals surface area contributed by atoms with E-state index >= 15 is 0 Å². The van der Waals surface area contributed by atoms with Gasteiger partial charge in [0.25, 0.3) is 0 Å². The predicted molar refractivity (Wildman–Crippen MR) is 65.1 cm³/mol. The smallest absolute Gasteiger partial charge is 0.137 e. The lowest BCUT2D eigenvalue weighted by molar-refractivity contribution is 0.430. The normalized spacial score (nSPS) is 15.1. The summed E-state index contributed by atoms with van der Waals surface area (Å²) in [5.41, 5.74) is 0. The number of hydrogen-bond acceptors (Lipinski definition) is 4. The van der Waals surface area contributed by atoms with Crippen LogP contribution in [-0.2, 0) is 6.54 Å². The summed E-state index contributed by atoms with van der Waals surface area (Å²) >= 11 is 1.88. The first-order valence-corrected chi connectivity index (χ1v) is 6.69. The third kappa shape index (κ3) is 5.18. The van der Waals surface area contributed by atoms with Crippen LogP contribution in [0.3, 0.4) is 0 Å². The molecular formula is C10H20N4S. The highest BCUT2D eigenvalue weighted by Crippen LogP contribution is 2.00. The summed E-state index contributed by atoms with van der Waals surface area (Å²) < 4.78 is 1.87. The lowest BCUT2D eigenvalue weighted by atomic mass is 10.2. The Kier molecular flexibility index (Phi) is 5.71. The van der Waals surface area contributed by atoms with E-state index in [2.05, 4.69) is 35.5 Å². The van der Waals surface area contributed by atoms with Crippen LogP contribution in [-0.4, -0.2) is 38.9 Å². The van der Waals surface area contributed by atoms with Crippen LogP contribution in [0, 0.1) is 0 Å². The molecule has 1 heterocycles. The fraction of sp³-hybridized carbons (Fsp3) is 0.800. The van der Waals surface area contributed by atoms with Crippen LogP contribution in [0.15, 0.2) is 12.7 Å². The molecule has 0 aliphatic carbocycles. The summed E-state index contributed by atoms with van der Waals surface area (Å²) in [6.45, 7) is 5.37. The maximum Gasteiger partial charge on any atom is 0.137 e. The Morgan fingerprint density at radius 3 is 2.80 bits per heavy atom. The zero-order valence-corrected chi connectivity index (χ0v) is 10.5. The SMILES string of the molecule is CSCC(C)NC(C)CCn1cncn1. The van der Waals surface area contributed by atoms with E-state index < -0.39 is 0 Å². The third-order valence-corrected chi connectivity index (χ3v) is 3.08. The van der Waals surface area contributed by atoms with E-state index in [0.29, 0.717) is 12.1 Å². The second-order valence-corrected chi connectivity index (χ2v) is 4.78. The average Bonchev–Trinajstić information content (AvgIpc) is 2.67. The highest BCUT2D eigenvalue weighted by Gasteiger charge is 2.06. The van der Waals surface area contributed by atoms with Crippen LogP contribution in [0.2, 0.25) is 0 Å². The van der Waals surface area contributed by atoms with Crippen molar-refractivity contribution in [3.8, 4) is 0 Å². The van der Waals surface area contributed by atoms with E-state index in [-0.39, 0.29) is 0 Å². The molecule has 0 radical (unpaired) electrons. The van der Waals surface area contributed by atoms with E-state index in [1.54, 1.807) is 12.7 Å². The number of nitrogens with one attached hydrogen (secondary N) is 1. The summed E-state index contributed by atoms with van der Waals surface area (Å²) in [6.07, 6.45) is 6.56. The second-order valence-electron chi connectivity index (χ2n) is 3.87. The van der Waals surface area contributed by atoms with E-state index in [1.807, 2.05) is 16.4 Å². The van der Waals surface area contributed by atoms with E-state index in [1.165, 1.54) is 0 Å². The van der Waals surface area contributed by atoms with Gasteiger partial charge in [-0.25, -0.2) is 4.98 Å². The Morgan fingerprint density at radius 2 is 2.20 bits per heavy atom. The molecule has 1 aromatic heterocycles. The van der Waals surface area contributed by atoms with Crippen molar-refractivity contribution in [1.29, 1.82) is 0 Å². The highest BCUT2D eigenvalue weighted by molar-refractivity contribution is 7.98. The minimum absolute atomic E-state index is 0.524. The zero-order valence-electron chi connectivity index (χ0n) is 9.68. The molecule has 2 atom stereocenters. The molecule has 1 aromatic rings. The topological polar surface area (TPSA) is 42.7 Å². The van der Waals surface area contributed by atoms with E-state index in [4.69, 9.17) is 0 Å². The van der Waals surface area contributed by atoms with E-state index in [0.717, 1.165) is 18.7 Å². The largest absolute Gasteiger partial charge is 0.311 e. The van der Waals surface area contributed by atoms with Crippen LogP contribution in [0.25, 0.3) is 0 Å². The van der Waals surface area contributed by atoms with Crippen LogP contribution < -0.4 is 5.32 Å². The molecule has 0 aromatic carbocycles. The number of thioether (sulfide) groups is 1. The monoisotopic (exact) mass is 228 g/mol. The van der Waals surface area contributed by atoms with Gasteiger partial charge in [0.05, 0.1) is 0 Å². The molecule has 0 saturated carbocycles. The van der Waals surface area contributed by atoms with Gasteiger partial charge in [0, 0.05) is 24.4 Å². The Morgan fingerprint density at radius 1 is 1.40 bits per heavy atom. The quantitative estimate of drug-likeness (QED) is 0.766. The van der Waals surface area contributed by atoms with Gasteiger partial charge in [0.15, 0.2) is 0 Å². The van der Waals surface area contributed by atoms with Gasteiger partial charge < -0.3 is 5.32 Å². The lowest BCUT2D eigenvalue weighted by Gasteiger charge is -2.19. The standard InChI is InChI=1S/C10H20N4S/c1-9(13-10(2)6-15-3)4-5-14-8-11-7-12-14/h7-10,13H,4-6H2,1-3H3. The van der Waals surface area contributed by atoms with Gasteiger partial charge in [-0.05, 0) is 26.5 Å². The average molecular weight is 228 g/mol. The fourth-order valence-corrected chi connectivity index (χ4v) is 2.14. The molecule has 0 aliphatic rings. The Bertz CT molecular complexity index is 250. The van der Waals surface area contributed by atoms with Crippen molar-refractivity contribution in [2.75, 3.05) is 12.0 Å². The van der Waals surface area contributed by atoms with Crippen molar-refractivity contribution in [3.63, 3.8) is 0 Å². The molecule has 0 fully saturated rings. The second kappa shape index (κ2) is 6.85. The van der Waals surface area contributed by atoms with Gasteiger partial charge >= 0.3 is 0 Å². The highest BCUT2D eigenvalue weighted by atomic mass is 32.2. The molecule has 86 valence electrons. The molecule has 15 heavy (non-hydrogen) atoms. The van der Waals surface area contributed by atoms with Crippen LogP contribution in [0.5, 0.6) is 0 Å². The van der Waals surface area contributed by atoms with Crippen molar-refractivity contribution in [2.24, 2.45) is 0 Å². The van der Waals surface area contributed by atoms with E-state index in [9.17, 15) is 0 Å². The lowest BCUT2D eigenvalue weighted by Crippen LogP contribution is -2.36. The molecule has 1 N–H and O–H groups in total. The summed E-state index contributed by atoms with van der Waals surface area (Å²) in [5.74, 6) is 1.16. The molecule has 0 amide bonds. The fourth-order valence-electron chi connectivity index (χ4n) is 1.54. The first kappa shape index (κ1) is 12.5. The molecule has 0 bridgehead atoms. The number of aryl methyl sites for hydroxylation is 1.